The maximum Gasteiger partial charge on any atom is 0.416 e. The molecule has 1 N–H and O–H groups in total. The fourth-order valence-electron chi connectivity index (χ4n) is 3.65. The molecule has 3 rings (SSSR count). The first-order valence-electron chi connectivity index (χ1n) is 8.73. The van der Waals surface area contributed by atoms with Crippen LogP contribution in [0.5, 0.6) is 0 Å². The van der Waals surface area contributed by atoms with Crippen LogP contribution in [-0.4, -0.2) is 48.4 Å². The Balaban J connectivity index is 1.97. The van der Waals surface area contributed by atoms with Crippen LogP contribution in [0.25, 0.3) is 0 Å². The number of benzene rings is 1. The molecule has 0 aromatic heterocycles. The van der Waals surface area contributed by atoms with E-state index >= 15 is 0 Å². The molecule has 2 heterocycles. The van der Waals surface area contributed by atoms with E-state index in [1.165, 1.54) is 11.0 Å². The first-order chi connectivity index (χ1) is 12.1. The van der Waals surface area contributed by atoms with E-state index in [0.29, 0.717) is 32.5 Å². The predicted molar refractivity (Wildman–Crippen MR) is 91.0 cm³/mol. The highest BCUT2D eigenvalue weighted by atomic mass is 19.4. The third kappa shape index (κ3) is 3.85. The lowest BCUT2D eigenvalue weighted by Gasteiger charge is -2.36. The van der Waals surface area contributed by atoms with Crippen molar-refractivity contribution in [3.05, 3.63) is 29.3 Å². The van der Waals surface area contributed by atoms with E-state index in [4.69, 9.17) is 0 Å². The summed E-state index contributed by atoms with van der Waals surface area (Å²) in [6.45, 7) is 5.08. The molecule has 8 heteroatoms. The van der Waals surface area contributed by atoms with E-state index in [1.807, 2.05) is 13.8 Å². The van der Waals surface area contributed by atoms with Gasteiger partial charge in [0, 0.05) is 49.4 Å². The smallest absolute Gasteiger partial charge is 0.336 e. The number of carbonyl (C=O) groups excluding carboxylic acids is 2. The van der Waals surface area contributed by atoms with Gasteiger partial charge >= 0.3 is 6.18 Å². The second kappa shape index (κ2) is 6.90. The molecule has 2 fully saturated rings. The molecule has 5 nitrogen and oxygen atoms in total. The van der Waals surface area contributed by atoms with Gasteiger partial charge in [-0.3, -0.25) is 9.59 Å². The summed E-state index contributed by atoms with van der Waals surface area (Å²) < 4.78 is 40.0. The molecule has 0 saturated carbocycles. The maximum absolute atomic E-state index is 13.3. The zero-order chi connectivity index (χ0) is 19.1. The lowest BCUT2D eigenvalue weighted by Crippen LogP contribution is -2.55. The molecule has 0 spiro atoms. The Kier molecular flexibility index (Phi) is 4.96. The highest BCUT2D eigenvalue weighted by Crippen LogP contribution is 2.34. The molecule has 2 saturated heterocycles. The van der Waals surface area contributed by atoms with Gasteiger partial charge < -0.3 is 15.1 Å². The average molecular weight is 369 g/mol. The number of anilines is 1. The van der Waals surface area contributed by atoms with Crippen LogP contribution in [0.2, 0.25) is 0 Å². The number of hydrogen-bond donors (Lipinski definition) is 1. The predicted octanol–water partition coefficient (Wildman–Crippen LogP) is 2.65. The van der Waals surface area contributed by atoms with E-state index in [9.17, 15) is 22.8 Å². The second-order valence-electron chi connectivity index (χ2n) is 7.09. The normalized spacial score (nSPS) is 24.3. The van der Waals surface area contributed by atoms with Gasteiger partial charge in [-0.25, -0.2) is 0 Å². The van der Waals surface area contributed by atoms with Gasteiger partial charge in [-0.05, 0) is 38.5 Å². The standard InChI is InChI=1S/C18H22F3N3O2/c1-11-9-23(10-12(2)22-11)17(26)13-6-14(18(19,20)21)8-15(7-13)24-5-3-4-16(24)25/h6-8,11-12,22H,3-5,9-10H2,1-2H3. The minimum absolute atomic E-state index is 0.0316. The molecular weight excluding hydrogens is 347 g/mol. The Morgan fingerprint density at radius 2 is 1.81 bits per heavy atom. The molecule has 2 aliphatic rings. The number of nitrogens with zero attached hydrogens (tertiary/aromatic N) is 2. The number of carbonyl (C=O) groups is 2. The van der Waals surface area contributed by atoms with Gasteiger partial charge in [-0.15, -0.1) is 0 Å². The topological polar surface area (TPSA) is 52.7 Å². The molecule has 0 aliphatic carbocycles. The zero-order valence-electron chi connectivity index (χ0n) is 14.8. The molecule has 2 aliphatic heterocycles. The number of rotatable bonds is 2. The van der Waals surface area contributed by atoms with Crippen molar-refractivity contribution < 1.29 is 22.8 Å². The number of piperazine rings is 1. The Morgan fingerprint density at radius 3 is 2.35 bits per heavy atom. The molecule has 2 amide bonds. The summed E-state index contributed by atoms with van der Waals surface area (Å²) in [5.41, 5.74) is -0.799. The van der Waals surface area contributed by atoms with Gasteiger partial charge in [-0.1, -0.05) is 0 Å². The van der Waals surface area contributed by atoms with E-state index < -0.39 is 17.6 Å². The second-order valence-corrected chi connectivity index (χ2v) is 7.09. The van der Waals surface area contributed by atoms with Gasteiger partial charge in [0.05, 0.1) is 5.56 Å². The maximum atomic E-state index is 13.3. The van der Waals surface area contributed by atoms with Crippen LogP contribution in [0.3, 0.4) is 0 Å². The molecule has 142 valence electrons. The third-order valence-corrected chi connectivity index (χ3v) is 4.72. The first kappa shape index (κ1) is 18.7. The molecule has 1 aromatic carbocycles. The van der Waals surface area contributed by atoms with Crippen molar-refractivity contribution in [2.45, 2.75) is 44.9 Å². The van der Waals surface area contributed by atoms with E-state index in [-0.39, 0.29) is 29.2 Å². The molecule has 0 radical (unpaired) electrons. The molecule has 2 atom stereocenters. The van der Waals surface area contributed by atoms with Crippen molar-refractivity contribution in [2.24, 2.45) is 0 Å². The first-order valence-corrected chi connectivity index (χ1v) is 8.73. The monoisotopic (exact) mass is 369 g/mol. The van der Waals surface area contributed by atoms with E-state index in [0.717, 1.165) is 12.1 Å². The molecule has 26 heavy (non-hydrogen) atoms. The minimum atomic E-state index is -4.59. The van der Waals surface area contributed by atoms with Crippen molar-refractivity contribution in [3.63, 3.8) is 0 Å². The number of amides is 2. The minimum Gasteiger partial charge on any atom is -0.336 e. The van der Waals surface area contributed by atoms with E-state index in [2.05, 4.69) is 5.32 Å². The molecular formula is C18H22F3N3O2. The number of hydrogen-bond acceptors (Lipinski definition) is 3. The van der Waals surface area contributed by atoms with Gasteiger partial charge in [0.2, 0.25) is 5.91 Å². The quantitative estimate of drug-likeness (QED) is 0.872. The Bertz CT molecular complexity index is 710. The van der Waals surface area contributed by atoms with Crippen LogP contribution >= 0.6 is 0 Å². The van der Waals surface area contributed by atoms with Crippen molar-refractivity contribution in [2.75, 3.05) is 24.5 Å². The highest BCUT2D eigenvalue weighted by Gasteiger charge is 2.34. The third-order valence-electron chi connectivity index (χ3n) is 4.72. The van der Waals surface area contributed by atoms with Crippen LogP contribution in [-0.2, 0) is 11.0 Å². The fourth-order valence-corrected chi connectivity index (χ4v) is 3.65. The van der Waals surface area contributed by atoms with Crippen LogP contribution in [0.4, 0.5) is 18.9 Å². The lowest BCUT2D eigenvalue weighted by atomic mass is 10.0. The van der Waals surface area contributed by atoms with Crippen molar-refractivity contribution in [1.29, 1.82) is 0 Å². The molecule has 0 bridgehead atoms. The van der Waals surface area contributed by atoms with Gasteiger partial charge in [-0.2, -0.15) is 13.2 Å². The van der Waals surface area contributed by atoms with Gasteiger partial charge in [0.1, 0.15) is 0 Å². The van der Waals surface area contributed by atoms with Crippen molar-refractivity contribution in [1.82, 2.24) is 10.2 Å². The summed E-state index contributed by atoms with van der Waals surface area (Å²) in [6.07, 6.45) is -3.67. The number of alkyl halides is 3. The number of nitrogens with one attached hydrogen (secondary N) is 1. The summed E-state index contributed by atoms with van der Waals surface area (Å²) >= 11 is 0. The van der Waals surface area contributed by atoms with Gasteiger partial charge in [0.15, 0.2) is 0 Å². The molecule has 1 aromatic rings. The summed E-state index contributed by atoms with van der Waals surface area (Å²) in [7, 11) is 0. The molecule has 2 unspecified atom stereocenters. The highest BCUT2D eigenvalue weighted by molar-refractivity contribution is 5.99. The Morgan fingerprint density at radius 1 is 1.15 bits per heavy atom. The Labute approximate surface area is 150 Å². The lowest BCUT2D eigenvalue weighted by molar-refractivity contribution is -0.137. The van der Waals surface area contributed by atoms with Crippen LogP contribution < -0.4 is 10.2 Å². The summed E-state index contributed by atoms with van der Waals surface area (Å²) in [5.74, 6) is -0.656. The van der Waals surface area contributed by atoms with Crippen LogP contribution in [0.15, 0.2) is 18.2 Å². The summed E-state index contributed by atoms with van der Waals surface area (Å²) in [4.78, 5) is 27.7. The number of halogens is 3. The van der Waals surface area contributed by atoms with Gasteiger partial charge in [0.25, 0.3) is 5.91 Å². The zero-order valence-corrected chi connectivity index (χ0v) is 14.8. The van der Waals surface area contributed by atoms with Crippen molar-refractivity contribution >= 4 is 17.5 Å². The Hall–Kier alpha value is -2.09. The van der Waals surface area contributed by atoms with E-state index in [1.54, 1.807) is 4.90 Å². The van der Waals surface area contributed by atoms with Crippen molar-refractivity contribution in [3.8, 4) is 0 Å². The summed E-state index contributed by atoms with van der Waals surface area (Å²) in [6, 6.07) is 3.35. The largest absolute Gasteiger partial charge is 0.416 e. The summed E-state index contributed by atoms with van der Waals surface area (Å²) in [5, 5.41) is 3.29. The fraction of sp³-hybridized carbons (Fsp3) is 0.556. The van der Waals surface area contributed by atoms with Crippen LogP contribution in [0.1, 0.15) is 42.6 Å². The SMILES string of the molecule is CC1CN(C(=O)c2cc(N3CCCC3=O)cc(C(F)(F)F)c2)CC(C)N1. The average Bonchev–Trinajstić information content (AvgIpc) is 2.98. The van der Waals surface area contributed by atoms with Crippen LogP contribution in [0, 0.1) is 0 Å².